The van der Waals surface area contributed by atoms with E-state index in [0.717, 1.165) is 12.6 Å². The largest absolute Gasteiger partial charge is 0.423 e. The van der Waals surface area contributed by atoms with Crippen LogP contribution in [0, 0.1) is 12.5 Å². The Morgan fingerprint density at radius 1 is 1.53 bits per heavy atom. The van der Waals surface area contributed by atoms with E-state index in [1.807, 2.05) is 12.0 Å². The van der Waals surface area contributed by atoms with E-state index < -0.39 is 17.3 Å². The summed E-state index contributed by atoms with van der Waals surface area (Å²) in [4.78, 5) is 12.7. The van der Waals surface area contributed by atoms with Crippen molar-refractivity contribution in [2.75, 3.05) is 11.4 Å². The molecule has 0 amide bonds. The Morgan fingerprint density at radius 3 is 2.76 bits per heavy atom. The van der Waals surface area contributed by atoms with Crippen molar-refractivity contribution in [3.8, 4) is 0 Å². The van der Waals surface area contributed by atoms with Crippen molar-refractivity contribution >= 4 is 5.69 Å². The molecule has 1 aliphatic rings. The monoisotopic (exact) mass is 246 g/mol. The lowest BCUT2D eigenvalue weighted by atomic mass is 10.2. The van der Waals surface area contributed by atoms with Crippen molar-refractivity contribution in [2.24, 2.45) is 5.92 Å². The molecule has 1 N–H and O–H groups in total. The molecule has 4 nitrogen and oxygen atoms in total. The van der Waals surface area contributed by atoms with Crippen molar-refractivity contribution in [3.05, 3.63) is 28.7 Å². The van der Waals surface area contributed by atoms with Crippen molar-refractivity contribution in [3.63, 3.8) is 0 Å². The third kappa shape index (κ3) is 2.27. The van der Waals surface area contributed by atoms with Gasteiger partial charge in [-0.05, 0) is 12.3 Å². The zero-order valence-corrected chi connectivity index (χ0v) is 9.08. The molecule has 1 aromatic heterocycles. The van der Waals surface area contributed by atoms with E-state index in [-0.39, 0.29) is 11.6 Å². The number of hydrogen-bond acceptors (Lipinski definition) is 3. The zero-order chi connectivity index (χ0) is 12.6. The van der Waals surface area contributed by atoms with Crippen LogP contribution in [-0.2, 0) is 6.18 Å². The molecule has 0 aromatic carbocycles. The molecule has 0 aliphatic carbocycles. The molecule has 1 saturated heterocycles. The molecular formula is C10H11F3N3O. The summed E-state index contributed by atoms with van der Waals surface area (Å²) in [5.41, 5.74) is -2.56. The predicted molar refractivity (Wildman–Crippen MR) is 55.3 cm³/mol. The number of rotatable bonds is 1. The highest BCUT2D eigenvalue weighted by atomic mass is 19.4. The molecule has 1 unspecified atom stereocenters. The minimum absolute atomic E-state index is 0.175. The van der Waals surface area contributed by atoms with Crippen LogP contribution in [0.1, 0.15) is 18.9 Å². The summed E-state index contributed by atoms with van der Waals surface area (Å²) in [6, 6.07) is 0. The fourth-order valence-electron chi connectivity index (χ4n) is 1.88. The van der Waals surface area contributed by atoms with Crippen LogP contribution in [0.2, 0.25) is 0 Å². The molecule has 0 saturated carbocycles. The number of alkyl halides is 3. The normalized spacial score (nSPS) is 20.9. The SMILES string of the molecule is CC1[CH]N(c2cn[nH]c(=O)c2C(F)(F)F)CC1. The van der Waals surface area contributed by atoms with E-state index in [9.17, 15) is 18.0 Å². The summed E-state index contributed by atoms with van der Waals surface area (Å²) in [7, 11) is 0. The van der Waals surface area contributed by atoms with E-state index in [2.05, 4.69) is 5.10 Å². The zero-order valence-electron chi connectivity index (χ0n) is 9.08. The number of nitrogens with zero attached hydrogens (tertiary/aromatic N) is 2. The summed E-state index contributed by atoms with van der Waals surface area (Å²) in [6.45, 7) is 4.06. The molecule has 93 valence electrons. The highest BCUT2D eigenvalue weighted by molar-refractivity contribution is 5.54. The molecule has 1 aliphatic heterocycles. The number of H-pyrrole nitrogens is 1. The maximum atomic E-state index is 12.8. The molecule has 0 bridgehead atoms. The van der Waals surface area contributed by atoms with Gasteiger partial charge in [-0.1, -0.05) is 6.92 Å². The number of aromatic amines is 1. The van der Waals surface area contributed by atoms with Gasteiger partial charge in [0, 0.05) is 6.54 Å². The Balaban J connectivity index is 2.47. The first-order chi connectivity index (χ1) is 7.89. The highest BCUT2D eigenvalue weighted by Gasteiger charge is 2.39. The molecule has 2 rings (SSSR count). The smallest absolute Gasteiger partial charge is 0.364 e. The summed E-state index contributed by atoms with van der Waals surface area (Å²) in [6.07, 6.45) is -2.87. The van der Waals surface area contributed by atoms with Gasteiger partial charge in [0.1, 0.15) is 5.56 Å². The second-order valence-electron chi connectivity index (χ2n) is 4.07. The maximum absolute atomic E-state index is 12.8. The van der Waals surface area contributed by atoms with E-state index in [0.29, 0.717) is 6.54 Å². The molecule has 1 radical (unpaired) electrons. The predicted octanol–water partition coefficient (Wildman–Crippen LogP) is 1.80. The Bertz CT molecular complexity index is 469. The fraction of sp³-hybridized carbons (Fsp3) is 0.500. The summed E-state index contributed by atoms with van der Waals surface area (Å²) in [5.74, 6) is 0.204. The lowest BCUT2D eigenvalue weighted by Crippen LogP contribution is -2.28. The second kappa shape index (κ2) is 4.05. The average Bonchev–Trinajstić information content (AvgIpc) is 2.62. The van der Waals surface area contributed by atoms with E-state index >= 15 is 0 Å². The van der Waals surface area contributed by atoms with Gasteiger partial charge in [-0.2, -0.15) is 18.3 Å². The summed E-state index contributed by atoms with van der Waals surface area (Å²) >= 11 is 0. The number of nitrogens with one attached hydrogen (secondary N) is 1. The molecule has 2 heterocycles. The van der Waals surface area contributed by atoms with Crippen LogP contribution in [0.15, 0.2) is 11.0 Å². The molecule has 7 heteroatoms. The van der Waals surface area contributed by atoms with E-state index in [1.165, 1.54) is 4.90 Å². The Hall–Kier alpha value is -1.53. The first kappa shape index (κ1) is 11.9. The van der Waals surface area contributed by atoms with Gasteiger partial charge in [0.15, 0.2) is 0 Å². The van der Waals surface area contributed by atoms with Gasteiger partial charge in [0.2, 0.25) is 0 Å². The van der Waals surface area contributed by atoms with Crippen molar-refractivity contribution in [2.45, 2.75) is 19.5 Å². The molecule has 1 atom stereocenters. The number of halogens is 3. The van der Waals surface area contributed by atoms with Gasteiger partial charge < -0.3 is 4.90 Å². The summed E-state index contributed by atoms with van der Waals surface area (Å²) in [5, 5.41) is 5.24. The molecule has 1 aromatic rings. The first-order valence-corrected chi connectivity index (χ1v) is 5.16. The van der Waals surface area contributed by atoms with Crippen LogP contribution in [0.5, 0.6) is 0 Å². The second-order valence-corrected chi connectivity index (χ2v) is 4.07. The first-order valence-electron chi connectivity index (χ1n) is 5.16. The molecular weight excluding hydrogens is 235 g/mol. The van der Waals surface area contributed by atoms with Crippen LogP contribution in [0.3, 0.4) is 0 Å². The third-order valence-corrected chi connectivity index (χ3v) is 2.69. The minimum atomic E-state index is -4.68. The molecule has 1 fully saturated rings. The Morgan fingerprint density at radius 2 is 2.24 bits per heavy atom. The maximum Gasteiger partial charge on any atom is 0.423 e. The van der Waals surface area contributed by atoms with Gasteiger partial charge in [0.25, 0.3) is 5.56 Å². The van der Waals surface area contributed by atoms with Gasteiger partial charge >= 0.3 is 6.18 Å². The van der Waals surface area contributed by atoms with Crippen molar-refractivity contribution in [1.29, 1.82) is 0 Å². The van der Waals surface area contributed by atoms with Gasteiger partial charge in [-0.3, -0.25) is 4.79 Å². The van der Waals surface area contributed by atoms with Gasteiger partial charge in [-0.25, -0.2) is 5.10 Å². The number of hydrogen-bond donors (Lipinski definition) is 1. The van der Waals surface area contributed by atoms with E-state index in [1.54, 1.807) is 6.54 Å². The van der Waals surface area contributed by atoms with Crippen LogP contribution < -0.4 is 10.5 Å². The van der Waals surface area contributed by atoms with Crippen LogP contribution in [0.4, 0.5) is 18.9 Å². The van der Waals surface area contributed by atoms with Crippen molar-refractivity contribution < 1.29 is 13.2 Å². The van der Waals surface area contributed by atoms with Gasteiger partial charge in [-0.15, -0.1) is 0 Å². The lowest BCUT2D eigenvalue weighted by molar-refractivity contribution is -0.138. The summed E-state index contributed by atoms with van der Waals surface area (Å²) < 4.78 is 38.3. The molecule has 17 heavy (non-hydrogen) atoms. The topological polar surface area (TPSA) is 49.0 Å². The lowest BCUT2D eigenvalue weighted by Gasteiger charge is -2.20. The van der Waals surface area contributed by atoms with Gasteiger partial charge in [0.05, 0.1) is 18.4 Å². The number of anilines is 1. The van der Waals surface area contributed by atoms with Crippen molar-refractivity contribution in [1.82, 2.24) is 10.2 Å². The standard InChI is InChI=1S/C10H11F3N3O/c1-6-2-3-16(5-6)7-4-14-15-9(17)8(7)10(11,12)13/h4-6H,2-3H2,1H3,(H,15,17). The number of aromatic nitrogens is 2. The van der Waals surface area contributed by atoms with Crippen LogP contribution >= 0.6 is 0 Å². The third-order valence-electron chi connectivity index (χ3n) is 2.69. The average molecular weight is 246 g/mol. The van der Waals surface area contributed by atoms with Crippen LogP contribution in [0.25, 0.3) is 0 Å². The highest BCUT2D eigenvalue weighted by Crippen LogP contribution is 2.36. The molecule has 0 spiro atoms. The fourth-order valence-corrected chi connectivity index (χ4v) is 1.88. The Kier molecular flexibility index (Phi) is 2.84. The van der Waals surface area contributed by atoms with Crippen LogP contribution in [-0.4, -0.2) is 16.7 Å². The Labute approximate surface area is 95.4 Å². The van der Waals surface area contributed by atoms with E-state index in [4.69, 9.17) is 0 Å². The minimum Gasteiger partial charge on any atom is -0.364 e. The quantitative estimate of drug-likeness (QED) is 0.822.